The minimum atomic E-state index is -1.29. The summed E-state index contributed by atoms with van der Waals surface area (Å²) in [5, 5.41) is 2.72. The highest BCUT2D eigenvalue weighted by Gasteiger charge is 2.23. The monoisotopic (exact) mass is 641 g/mol. The summed E-state index contributed by atoms with van der Waals surface area (Å²) in [6, 6.07) is 21.5. The Bertz CT molecular complexity index is 1410. The summed E-state index contributed by atoms with van der Waals surface area (Å²) in [6.07, 6.45) is 2.68. The van der Waals surface area contributed by atoms with Gasteiger partial charge in [-0.25, -0.2) is 14.8 Å². The van der Waals surface area contributed by atoms with Gasteiger partial charge in [0.15, 0.2) is 5.82 Å². The van der Waals surface area contributed by atoms with E-state index in [1.54, 1.807) is 60.9 Å². The van der Waals surface area contributed by atoms with Gasteiger partial charge in [-0.2, -0.15) is 0 Å². The molecule has 2 aromatic heterocycles. The number of rotatable bonds is 7. The Hall–Kier alpha value is -3.42. The average Bonchev–Trinajstić information content (AvgIpc) is 2.94. The van der Waals surface area contributed by atoms with Gasteiger partial charge in [-0.1, -0.05) is 40.8 Å². The van der Waals surface area contributed by atoms with Crippen molar-refractivity contribution in [3.63, 3.8) is 0 Å². The van der Waals surface area contributed by atoms with E-state index in [2.05, 4.69) is 37.8 Å². The number of nitrogens with zero attached hydrogens (tertiary/aromatic N) is 4. The molecule has 4 aromatic rings. The summed E-state index contributed by atoms with van der Waals surface area (Å²) in [5.74, 6) is 1.97. The Kier molecular flexibility index (Phi) is 8.56. The quantitative estimate of drug-likeness (QED) is 0.170. The van der Waals surface area contributed by atoms with Gasteiger partial charge < -0.3 is 14.4 Å². The van der Waals surface area contributed by atoms with Crippen LogP contribution in [0.25, 0.3) is 11.4 Å². The van der Waals surface area contributed by atoms with Gasteiger partial charge in [0, 0.05) is 41.2 Å². The lowest BCUT2D eigenvalue weighted by Crippen LogP contribution is -2.42. The molecule has 1 saturated heterocycles. The van der Waals surface area contributed by atoms with Crippen molar-refractivity contribution in [2.75, 3.05) is 30.0 Å². The highest BCUT2D eigenvalue weighted by molar-refractivity contribution is 14.1. The van der Waals surface area contributed by atoms with E-state index in [4.69, 9.17) is 19.4 Å². The first-order valence-electron chi connectivity index (χ1n) is 11.8. The van der Waals surface area contributed by atoms with Crippen LogP contribution in [0.5, 0.6) is 5.75 Å². The molecular weight excluding hydrogens is 617 g/mol. The molecule has 5 rings (SSSR count). The number of morpholine rings is 1. The van der Waals surface area contributed by atoms with Crippen LogP contribution in [0.1, 0.15) is 5.69 Å². The molecule has 0 aliphatic carbocycles. The fraction of sp³-hybridized carbons (Fsp3) is 0.185. The van der Waals surface area contributed by atoms with Crippen molar-refractivity contribution >= 4 is 51.0 Å². The molecule has 1 fully saturated rings. The molecule has 1 aliphatic rings. The van der Waals surface area contributed by atoms with Crippen LogP contribution in [-0.4, -0.2) is 49.1 Å². The summed E-state index contributed by atoms with van der Waals surface area (Å²) >= 11 is 2.34. The molecule has 3 heterocycles. The average molecular weight is 641 g/mol. The lowest BCUT2D eigenvalue weighted by atomic mass is 10.2. The minimum absolute atomic E-state index is 0.116. The third kappa shape index (κ3) is 6.71. The van der Waals surface area contributed by atoms with E-state index in [0.29, 0.717) is 47.6 Å². The SMILES string of the molecule is O=C(Nc1ccc(-c2nc(CS(=O)c3ccncc3)cc(N3CCOC[C@@H]3I)n2)cc1)Oc1ccccc1. The van der Waals surface area contributed by atoms with E-state index < -0.39 is 16.9 Å². The van der Waals surface area contributed by atoms with Crippen molar-refractivity contribution in [3.05, 3.63) is 90.9 Å². The number of ether oxygens (including phenoxy) is 2. The summed E-state index contributed by atoms with van der Waals surface area (Å²) in [7, 11) is -1.29. The first-order valence-corrected chi connectivity index (χ1v) is 14.4. The van der Waals surface area contributed by atoms with Gasteiger partial charge >= 0.3 is 6.09 Å². The second-order valence-corrected chi connectivity index (χ2v) is 11.2. The number of pyridine rings is 1. The third-order valence-corrected chi connectivity index (χ3v) is 8.05. The summed E-state index contributed by atoms with van der Waals surface area (Å²) in [6.45, 7) is 1.90. The molecule has 1 unspecified atom stereocenters. The van der Waals surface area contributed by atoms with Gasteiger partial charge in [0.2, 0.25) is 0 Å². The molecule has 38 heavy (non-hydrogen) atoms. The van der Waals surface area contributed by atoms with Crippen LogP contribution < -0.4 is 15.0 Å². The lowest BCUT2D eigenvalue weighted by molar-refractivity contribution is 0.118. The number of hydrogen-bond donors (Lipinski definition) is 1. The van der Waals surface area contributed by atoms with Crippen LogP contribution in [-0.2, 0) is 21.3 Å². The van der Waals surface area contributed by atoms with Crippen molar-refractivity contribution in [1.82, 2.24) is 15.0 Å². The molecule has 2 aromatic carbocycles. The number of amides is 1. The zero-order valence-electron chi connectivity index (χ0n) is 20.2. The Morgan fingerprint density at radius 3 is 2.58 bits per heavy atom. The number of halogens is 1. The van der Waals surface area contributed by atoms with Gasteiger partial charge in [-0.3, -0.25) is 14.5 Å². The maximum absolute atomic E-state index is 13.0. The number of anilines is 2. The van der Waals surface area contributed by atoms with Gasteiger partial charge in [-0.15, -0.1) is 0 Å². The molecule has 0 radical (unpaired) electrons. The van der Waals surface area contributed by atoms with Crippen LogP contribution in [0, 0.1) is 0 Å². The van der Waals surface area contributed by atoms with E-state index >= 15 is 0 Å². The number of para-hydroxylation sites is 1. The van der Waals surface area contributed by atoms with Crippen molar-refractivity contribution in [1.29, 1.82) is 0 Å². The standard InChI is InChI=1S/C27H24IN5O4S/c28-24-17-36-15-14-33(24)25-16-21(18-38(35)23-10-12-29-13-11-23)30-26(32-25)19-6-8-20(9-7-19)31-27(34)37-22-4-2-1-3-5-22/h1-13,16,24H,14-15,17-18H2,(H,31,34)/t24-,38?/m1/s1. The Labute approximate surface area is 236 Å². The maximum Gasteiger partial charge on any atom is 0.417 e. The van der Waals surface area contributed by atoms with Crippen molar-refractivity contribution in [2.45, 2.75) is 14.7 Å². The Balaban J connectivity index is 1.38. The first-order chi connectivity index (χ1) is 18.5. The molecule has 194 valence electrons. The van der Waals surface area contributed by atoms with Crippen molar-refractivity contribution in [2.24, 2.45) is 0 Å². The fourth-order valence-corrected chi connectivity index (χ4v) is 5.64. The number of carbonyl (C=O) groups is 1. The number of aromatic nitrogens is 3. The van der Waals surface area contributed by atoms with Crippen molar-refractivity contribution in [3.8, 4) is 17.1 Å². The molecule has 1 amide bonds. The van der Waals surface area contributed by atoms with E-state index in [9.17, 15) is 9.00 Å². The molecule has 11 heteroatoms. The van der Waals surface area contributed by atoms with Gasteiger partial charge in [0.05, 0.1) is 35.5 Å². The van der Waals surface area contributed by atoms with Gasteiger partial charge in [-0.05, 0) is 48.5 Å². The number of nitrogens with one attached hydrogen (secondary N) is 1. The first kappa shape index (κ1) is 26.2. The number of benzene rings is 2. The molecule has 0 saturated carbocycles. The molecule has 0 bridgehead atoms. The van der Waals surface area contributed by atoms with Crippen molar-refractivity contribution < 1.29 is 18.5 Å². The predicted octanol–water partition coefficient (Wildman–Crippen LogP) is 5.06. The van der Waals surface area contributed by atoms with E-state index in [-0.39, 0.29) is 9.80 Å². The summed E-state index contributed by atoms with van der Waals surface area (Å²) in [5.41, 5.74) is 2.01. The maximum atomic E-state index is 13.0. The Morgan fingerprint density at radius 1 is 1.08 bits per heavy atom. The number of carbonyl (C=O) groups excluding carboxylic acids is 1. The van der Waals surface area contributed by atoms with Gasteiger partial charge in [0.1, 0.15) is 15.6 Å². The van der Waals surface area contributed by atoms with Crippen LogP contribution in [0.15, 0.2) is 90.1 Å². The highest BCUT2D eigenvalue weighted by atomic mass is 127. The van der Waals surface area contributed by atoms with E-state index in [0.717, 1.165) is 11.4 Å². The minimum Gasteiger partial charge on any atom is -0.410 e. The normalized spacial score (nSPS) is 16.0. The number of alkyl halides is 1. The molecule has 1 N–H and O–H groups in total. The van der Waals surface area contributed by atoms with E-state index in [1.807, 2.05) is 24.3 Å². The fourth-order valence-electron chi connectivity index (χ4n) is 3.81. The highest BCUT2D eigenvalue weighted by Crippen LogP contribution is 2.27. The largest absolute Gasteiger partial charge is 0.417 e. The second kappa shape index (κ2) is 12.4. The molecule has 0 spiro atoms. The second-order valence-electron chi connectivity index (χ2n) is 8.32. The summed E-state index contributed by atoms with van der Waals surface area (Å²) < 4.78 is 24.0. The third-order valence-electron chi connectivity index (χ3n) is 5.66. The molecule has 2 atom stereocenters. The summed E-state index contributed by atoms with van der Waals surface area (Å²) in [4.78, 5) is 28.7. The van der Waals surface area contributed by atoms with Crippen LogP contribution in [0.2, 0.25) is 0 Å². The smallest absolute Gasteiger partial charge is 0.410 e. The number of hydrogen-bond acceptors (Lipinski definition) is 8. The topological polar surface area (TPSA) is 107 Å². The Morgan fingerprint density at radius 2 is 1.84 bits per heavy atom. The molecule has 9 nitrogen and oxygen atoms in total. The van der Waals surface area contributed by atoms with Crippen LogP contribution >= 0.6 is 22.6 Å². The van der Waals surface area contributed by atoms with Crippen LogP contribution in [0.4, 0.5) is 16.3 Å². The predicted molar refractivity (Wildman–Crippen MR) is 154 cm³/mol. The lowest BCUT2D eigenvalue weighted by Gasteiger charge is -2.33. The van der Waals surface area contributed by atoms with Gasteiger partial charge in [0.25, 0.3) is 0 Å². The molecule has 1 aliphatic heterocycles. The molecular formula is C27H24IN5O4S. The van der Waals surface area contributed by atoms with Crippen LogP contribution in [0.3, 0.4) is 0 Å². The van der Waals surface area contributed by atoms with E-state index in [1.165, 1.54) is 0 Å². The zero-order chi connectivity index (χ0) is 26.3. The zero-order valence-corrected chi connectivity index (χ0v) is 23.2.